The zero-order chi connectivity index (χ0) is 27.8. The van der Waals surface area contributed by atoms with Gasteiger partial charge < -0.3 is 4.74 Å². The minimum atomic E-state index is -0.481. The van der Waals surface area contributed by atoms with Crippen LogP contribution in [0.1, 0.15) is 12.5 Å². The van der Waals surface area contributed by atoms with E-state index < -0.39 is 4.92 Å². The molecule has 0 spiro atoms. The molecule has 3 heterocycles. The van der Waals surface area contributed by atoms with Crippen molar-refractivity contribution in [1.29, 1.82) is 0 Å². The molecule has 0 aliphatic heterocycles. The Morgan fingerprint density at radius 2 is 1.80 bits per heavy atom. The maximum absolute atomic E-state index is 13.3. The number of fused-ring (bicyclic) bond motifs is 1. The van der Waals surface area contributed by atoms with Crippen molar-refractivity contribution in [1.82, 2.24) is 24.4 Å². The topological polar surface area (TPSA) is 117 Å². The largest absolute Gasteiger partial charge is 0.487 e. The summed E-state index contributed by atoms with van der Waals surface area (Å²) in [6, 6.07) is 21.7. The van der Waals surface area contributed by atoms with E-state index in [4.69, 9.17) is 9.84 Å². The summed E-state index contributed by atoms with van der Waals surface area (Å²) in [5.74, 6) is 0.639. The van der Waals surface area contributed by atoms with Crippen LogP contribution in [0, 0.1) is 10.1 Å². The third kappa shape index (κ3) is 4.78. The molecule has 0 N–H and O–H groups in total. The smallest absolute Gasteiger partial charge is 0.311 e. The summed E-state index contributed by atoms with van der Waals surface area (Å²) in [5, 5.41) is 20.9. The molecule has 0 atom stereocenters. The predicted molar refractivity (Wildman–Crippen MR) is 156 cm³/mol. The summed E-state index contributed by atoms with van der Waals surface area (Å²) in [4.78, 5) is 29.6. The van der Waals surface area contributed by atoms with Gasteiger partial charge in [-0.2, -0.15) is 14.6 Å². The third-order valence-corrected chi connectivity index (χ3v) is 7.55. The molecule has 0 saturated heterocycles. The Morgan fingerprint density at radius 3 is 2.50 bits per heavy atom. The number of hydrogen-bond donors (Lipinski definition) is 0. The number of para-hydroxylation sites is 1. The zero-order valence-electron chi connectivity index (χ0n) is 20.9. The van der Waals surface area contributed by atoms with E-state index in [1.807, 2.05) is 54.6 Å². The Kier molecular flexibility index (Phi) is 6.70. The lowest BCUT2D eigenvalue weighted by molar-refractivity contribution is -0.385. The van der Waals surface area contributed by atoms with Gasteiger partial charge in [0.2, 0.25) is 4.96 Å². The first-order chi connectivity index (χ1) is 19.4. The fourth-order valence-electron chi connectivity index (χ4n) is 4.21. The second-order valence-electron chi connectivity index (χ2n) is 8.64. The molecule has 0 radical (unpaired) electrons. The quantitative estimate of drug-likeness (QED) is 0.177. The highest BCUT2D eigenvalue weighted by molar-refractivity contribution is 9.10. The second kappa shape index (κ2) is 10.5. The van der Waals surface area contributed by atoms with Crippen molar-refractivity contribution >= 4 is 44.0 Å². The minimum absolute atomic E-state index is 0.164. The number of thiazole rings is 1. The summed E-state index contributed by atoms with van der Waals surface area (Å²) in [6.45, 7) is 2.06. The monoisotopic (exact) mass is 614 g/mol. The van der Waals surface area contributed by atoms with E-state index in [1.54, 1.807) is 36.0 Å². The van der Waals surface area contributed by atoms with Gasteiger partial charge in [0.25, 0.3) is 5.56 Å². The number of nitro groups is 1. The fourth-order valence-corrected chi connectivity index (χ4v) is 5.37. The maximum atomic E-state index is 13.3. The predicted octanol–water partition coefficient (Wildman–Crippen LogP) is 5.29. The highest BCUT2D eigenvalue weighted by Gasteiger charge is 2.20. The lowest BCUT2D eigenvalue weighted by Crippen LogP contribution is -2.23. The van der Waals surface area contributed by atoms with E-state index in [1.165, 1.54) is 21.9 Å². The van der Waals surface area contributed by atoms with Crippen molar-refractivity contribution in [3.05, 3.63) is 114 Å². The summed E-state index contributed by atoms with van der Waals surface area (Å²) in [6.07, 6.45) is 3.50. The molecular formula is C28H19BrN6O4S. The average molecular weight is 615 g/mol. The van der Waals surface area contributed by atoms with Crippen LogP contribution >= 0.6 is 27.3 Å². The van der Waals surface area contributed by atoms with Crippen LogP contribution in [0.3, 0.4) is 0 Å². The van der Waals surface area contributed by atoms with Crippen LogP contribution in [0.5, 0.6) is 5.75 Å². The van der Waals surface area contributed by atoms with Crippen LogP contribution in [0.4, 0.5) is 5.69 Å². The van der Waals surface area contributed by atoms with Gasteiger partial charge in [0.15, 0.2) is 11.6 Å². The van der Waals surface area contributed by atoms with Gasteiger partial charge in [-0.05, 0) is 49.4 Å². The molecule has 0 fully saturated rings. The van der Waals surface area contributed by atoms with E-state index in [0.29, 0.717) is 38.7 Å². The number of hydrogen-bond acceptors (Lipinski definition) is 8. The first-order valence-electron chi connectivity index (χ1n) is 12.1. The molecule has 10 nitrogen and oxygen atoms in total. The lowest BCUT2D eigenvalue weighted by atomic mass is 10.1. The van der Waals surface area contributed by atoms with Crippen molar-refractivity contribution in [3.63, 3.8) is 0 Å². The fraction of sp³-hybridized carbons (Fsp3) is 0.0714. The van der Waals surface area contributed by atoms with E-state index in [0.717, 1.165) is 15.7 Å². The van der Waals surface area contributed by atoms with Gasteiger partial charge >= 0.3 is 5.69 Å². The summed E-state index contributed by atoms with van der Waals surface area (Å²) in [7, 11) is 0. The van der Waals surface area contributed by atoms with E-state index >= 15 is 0 Å². The molecule has 6 aromatic rings. The molecule has 0 amide bonds. The molecule has 40 heavy (non-hydrogen) atoms. The molecule has 3 aromatic carbocycles. The molecule has 6 rings (SSSR count). The molecule has 0 aliphatic rings. The minimum Gasteiger partial charge on any atom is -0.487 e. The molecule has 198 valence electrons. The molecule has 3 aromatic heterocycles. The lowest BCUT2D eigenvalue weighted by Gasteiger charge is -2.06. The second-order valence-corrected chi connectivity index (χ2v) is 10.6. The van der Waals surface area contributed by atoms with Gasteiger partial charge in [0.05, 0.1) is 21.7 Å². The van der Waals surface area contributed by atoms with Crippen LogP contribution in [0.15, 0.2) is 88.3 Å². The van der Waals surface area contributed by atoms with Gasteiger partial charge in [0.1, 0.15) is 5.69 Å². The standard InChI is InChI=1S/C28H19BrN6O4S/c1-2-39-23-13-10-18(14-22(23)35(37)38)25-19(16-33(31-25)21-6-4-3-5-7-21)15-24-27(36)34-28(40-24)30-26(32-34)17-8-11-20(29)12-9-17/h3-16H,2H2,1H3/b24-15-. The Morgan fingerprint density at radius 1 is 1.05 bits per heavy atom. The van der Waals surface area contributed by atoms with Gasteiger partial charge in [-0.15, -0.1) is 5.10 Å². The number of rotatable bonds is 7. The number of ether oxygens (including phenoxy) is 1. The Bertz CT molecular complexity index is 1980. The highest BCUT2D eigenvalue weighted by atomic mass is 79.9. The highest BCUT2D eigenvalue weighted by Crippen LogP contribution is 2.34. The first-order valence-corrected chi connectivity index (χ1v) is 13.8. The number of nitrogens with zero attached hydrogens (tertiary/aromatic N) is 6. The van der Waals surface area contributed by atoms with Crippen molar-refractivity contribution in [2.24, 2.45) is 0 Å². The normalized spacial score (nSPS) is 11.8. The average Bonchev–Trinajstić information content (AvgIpc) is 3.65. The van der Waals surface area contributed by atoms with Gasteiger partial charge in [-0.1, -0.05) is 57.6 Å². The molecule has 0 aliphatic carbocycles. The van der Waals surface area contributed by atoms with Crippen LogP contribution < -0.4 is 14.8 Å². The molecular weight excluding hydrogens is 596 g/mol. The summed E-state index contributed by atoms with van der Waals surface area (Å²) >= 11 is 4.62. The Balaban J connectivity index is 1.49. The third-order valence-electron chi connectivity index (χ3n) is 6.06. The van der Waals surface area contributed by atoms with E-state index in [-0.39, 0.29) is 17.0 Å². The number of aromatic nitrogens is 5. The Labute approximate surface area is 239 Å². The van der Waals surface area contributed by atoms with Crippen LogP contribution in [-0.2, 0) is 0 Å². The first kappa shape index (κ1) is 25.6. The van der Waals surface area contributed by atoms with Crippen molar-refractivity contribution in [2.75, 3.05) is 6.61 Å². The van der Waals surface area contributed by atoms with Crippen molar-refractivity contribution < 1.29 is 9.66 Å². The van der Waals surface area contributed by atoms with Gasteiger partial charge in [-0.25, -0.2) is 4.68 Å². The van der Waals surface area contributed by atoms with Crippen LogP contribution in [-0.4, -0.2) is 35.9 Å². The SMILES string of the molecule is CCOc1ccc(-c2nn(-c3ccccc3)cc2/C=c2\sc3nc(-c4ccc(Br)cc4)nn3c2=O)cc1[N+](=O)[O-]. The zero-order valence-corrected chi connectivity index (χ0v) is 23.3. The molecule has 0 bridgehead atoms. The van der Waals surface area contributed by atoms with Crippen LogP contribution in [0.25, 0.3) is 39.4 Å². The Hall–Kier alpha value is -4.68. The molecule has 0 saturated carbocycles. The van der Waals surface area contributed by atoms with E-state index in [2.05, 4.69) is 26.0 Å². The summed E-state index contributed by atoms with van der Waals surface area (Å²) < 4.78 is 9.75. The van der Waals surface area contributed by atoms with Crippen molar-refractivity contribution in [2.45, 2.75) is 6.92 Å². The van der Waals surface area contributed by atoms with Gasteiger partial charge in [0, 0.05) is 33.4 Å². The number of benzene rings is 3. The number of nitro benzene ring substituents is 1. The summed E-state index contributed by atoms with van der Waals surface area (Å²) in [5.41, 5.74) is 2.72. The van der Waals surface area contributed by atoms with E-state index in [9.17, 15) is 14.9 Å². The van der Waals surface area contributed by atoms with Gasteiger partial charge in [-0.3, -0.25) is 14.9 Å². The maximum Gasteiger partial charge on any atom is 0.311 e. The molecule has 0 unspecified atom stereocenters. The van der Waals surface area contributed by atoms with Crippen molar-refractivity contribution in [3.8, 4) is 34.1 Å². The van der Waals surface area contributed by atoms with Crippen LogP contribution in [0.2, 0.25) is 0 Å². The molecule has 12 heteroatoms. The number of halogens is 1.